The number of ether oxygens (including phenoxy) is 1. The van der Waals surface area contributed by atoms with E-state index in [1.165, 1.54) is 30.6 Å². The summed E-state index contributed by atoms with van der Waals surface area (Å²) in [6.07, 6.45) is 3.70. The van der Waals surface area contributed by atoms with E-state index in [9.17, 15) is 19.1 Å². The number of carbonyl (C=O) groups is 2. The van der Waals surface area contributed by atoms with E-state index < -0.39 is 23.5 Å². The second-order valence-corrected chi connectivity index (χ2v) is 10.1. The molecular weight excluding hydrogens is 513 g/mol. The third-order valence-electron chi connectivity index (χ3n) is 5.01. The van der Waals surface area contributed by atoms with Crippen molar-refractivity contribution in [3.63, 3.8) is 0 Å². The highest BCUT2D eigenvalue weighted by Gasteiger charge is 2.19. The summed E-state index contributed by atoms with van der Waals surface area (Å²) in [5.41, 5.74) is 1.08. The van der Waals surface area contributed by atoms with E-state index in [2.05, 4.69) is 20.6 Å². The Labute approximate surface area is 225 Å². The van der Waals surface area contributed by atoms with Gasteiger partial charge in [-0.2, -0.15) is 0 Å². The summed E-state index contributed by atoms with van der Waals surface area (Å²) >= 11 is 5.88. The lowest BCUT2D eigenvalue weighted by molar-refractivity contribution is -0.156. The van der Waals surface area contributed by atoms with Crippen LogP contribution in [0.3, 0.4) is 0 Å². The summed E-state index contributed by atoms with van der Waals surface area (Å²) in [6.45, 7) is 7.45. The first kappa shape index (κ1) is 29.0. The Morgan fingerprint density at radius 2 is 1.92 bits per heavy atom. The predicted octanol–water partition coefficient (Wildman–Crippen LogP) is 4.69. The minimum Gasteiger partial charge on any atom is -0.459 e. The molecule has 0 aliphatic heterocycles. The van der Waals surface area contributed by atoms with Crippen LogP contribution in [-0.4, -0.2) is 63.2 Å². The standard InChI is InChI=1S/C27H31ClFN5O4/c1-17(35)14-34(15-25(37)38-27(2,3)4)11-5-6-24(36)32-18-8-10-23-20(12-18)26(31-16-30-23)33-19-7-9-22(29)21(28)13-19/h5-10,12-13,16-17,35H,11,14-15H2,1-4H3,(H,32,36)(H,30,31,33)/b6-5+/t17-/m1/s1. The summed E-state index contributed by atoms with van der Waals surface area (Å²) in [6, 6.07) is 9.41. The van der Waals surface area contributed by atoms with Gasteiger partial charge in [-0.1, -0.05) is 17.7 Å². The molecule has 202 valence electrons. The summed E-state index contributed by atoms with van der Waals surface area (Å²) in [7, 11) is 0. The van der Waals surface area contributed by atoms with E-state index in [0.29, 0.717) is 28.1 Å². The van der Waals surface area contributed by atoms with Crippen LogP contribution in [0.25, 0.3) is 10.9 Å². The highest BCUT2D eigenvalue weighted by atomic mass is 35.5. The number of aliphatic hydroxyl groups excluding tert-OH is 1. The minimum atomic E-state index is -0.659. The quantitative estimate of drug-likeness (QED) is 0.249. The van der Waals surface area contributed by atoms with Crippen molar-refractivity contribution in [3.05, 3.63) is 65.7 Å². The minimum absolute atomic E-state index is 0.0200. The van der Waals surface area contributed by atoms with Gasteiger partial charge in [0.05, 0.1) is 23.2 Å². The number of esters is 1. The van der Waals surface area contributed by atoms with Crippen LogP contribution in [0.2, 0.25) is 5.02 Å². The van der Waals surface area contributed by atoms with Gasteiger partial charge in [-0.15, -0.1) is 0 Å². The van der Waals surface area contributed by atoms with Crippen molar-refractivity contribution in [1.29, 1.82) is 0 Å². The average Bonchev–Trinajstić information content (AvgIpc) is 2.80. The Kier molecular flexibility index (Phi) is 9.73. The maximum absolute atomic E-state index is 13.5. The van der Waals surface area contributed by atoms with Crippen molar-refractivity contribution < 1.29 is 23.8 Å². The van der Waals surface area contributed by atoms with Gasteiger partial charge in [-0.05, 0) is 64.1 Å². The summed E-state index contributed by atoms with van der Waals surface area (Å²) in [5, 5.41) is 16.3. The first-order chi connectivity index (χ1) is 17.9. The highest BCUT2D eigenvalue weighted by molar-refractivity contribution is 6.31. The number of hydrogen-bond acceptors (Lipinski definition) is 8. The second-order valence-electron chi connectivity index (χ2n) is 9.73. The molecule has 3 rings (SSSR count). The molecule has 0 bridgehead atoms. The van der Waals surface area contributed by atoms with E-state index in [1.807, 2.05) is 0 Å². The van der Waals surface area contributed by atoms with Gasteiger partial charge in [-0.25, -0.2) is 14.4 Å². The number of amides is 1. The third kappa shape index (κ3) is 9.05. The normalized spacial score (nSPS) is 12.6. The molecule has 1 aromatic heterocycles. The van der Waals surface area contributed by atoms with Gasteiger partial charge >= 0.3 is 5.97 Å². The summed E-state index contributed by atoms with van der Waals surface area (Å²) in [5.74, 6) is -0.862. The fraction of sp³-hybridized carbons (Fsp3) is 0.333. The molecule has 1 atom stereocenters. The zero-order valence-electron chi connectivity index (χ0n) is 21.7. The number of nitrogens with zero attached hydrogens (tertiary/aromatic N) is 3. The zero-order chi connectivity index (χ0) is 27.9. The SMILES string of the molecule is C[C@@H](O)CN(C/C=C/C(=O)Nc1ccc2ncnc(Nc3ccc(F)c(Cl)c3)c2c1)CC(=O)OC(C)(C)C. The van der Waals surface area contributed by atoms with Gasteiger partial charge < -0.3 is 20.5 Å². The van der Waals surface area contributed by atoms with E-state index in [-0.39, 0.29) is 30.6 Å². The first-order valence-electron chi connectivity index (χ1n) is 12.0. The number of anilines is 3. The van der Waals surface area contributed by atoms with Gasteiger partial charge in [-0.3, -0.25) is 14.5 Å². The molecule has 2 aromatic carbocycles. The lowest BCUT2D eigenvalue weighted by Crippen LogP contribution is -2.38. The smallest absolute Gasteiger partial charge is 0.320 e. The Bertz CT molecular complexity index is 1330. The molecule has 0 aliphatic carbocycles. The molecule has 0 radical (unpaired) electrons. The van der Waals surface area contributed by atoms with Gasteiger partial charge in [0.1, 0.15) is 23.6 Å². The molecule has 3 aromatic rings. The largest absolute Gasteiger partial charge is 0.459 e. The van der Waals surface area contributed by atoms with Crippen LogP contribution < -0.4 is 10.6 Å². The van der Waals surface area contributed by atoms with E-state index in [4.69, 9.17) is 16.3 Å². The van der Waals surface area contributed by atoms with Crippen LogP contribution in [0, 0.1) is 5.82 Å². The van der Waals surface area contributed by atoms with Crippen LogP contribution in [-0.2, 0) is 14.3 Å². The number of aliphatic hydroxyl groups is 1. The molecule has 0 saturated carbocycles. The Morgan fingerprint density at radius 1 is 1.18 bits per heavy atom. The molecule has 0 saturated heterocycles. The molecule has 11 heteroatoms. The lowest BCUT2D eigenvalue weighted by atomic mass is 10.2. The van der Waals surface area contributed by atoms with Crippen molar-refractivity contribution >= 4 is 51.6 Å². The molecular formula is C27H31ClFN5O4. The summed E-state index contributed by atoms with van der Waals surface area (Å²) in [4.78, 5) is 34.9. The van der Waals surface area contributed by atoms with Gasteiger partial charge in [0.2, 0.25) is 5.91 Å². The number of aromatic nitrogens is 2. The number of halogens is 2. The van der Waals surface area contributed by atoms with Crippen molar-refractivity contribution in [2.24, 2.45) is 0 Å². The van der Waals surface area contributed by atoms with E-state index in [0.717, 1.165) is 0 Å². The Balaban J connectivity index is 1.67. The number of nitrogens with one attached hydrogen (secondary N) is 2. The Morgan fingerprint density at radius 3 is 2.61 bits per heavy atom. The molecule has 3 N–H and O–H groups in total. The predicted molar refractivity (Wildman–Crippen MR) is 146 cm³/mol. The fourth-order valence-corrected chi connectivity index (χ4v) is 3.75. The third-order valence-corrected chi connectivity index (χ3v) is 5.30. The summed E-state index contributed by atoms with van der Waals surface area (Å²) < 4.78 is 18.8. The first-order valence-corrected chi connectivity index (χ1v) is 12.3. The van der Waals surface area contributed by atoms with E-state index in [1.54, 1.807) is 56.9 Å². The maximum atomic E-state index is 13.5. The van der Waals surface area contributed by atoms with E-state index >= 15 is 0 Å². The van der Waals surface area contributed by atoms with Gasteiger partial charge in [0.25, 0.3) is 0 Å². The molecule has 1 heterocycles. The fourth-order valence-electron chi connectivity index (χ4n) is 3.57. The highest BCUT2D eigenvalue weighted by Crippen LogP contribution is 2.27. The van der Waals surface area contributed by atoms with Crippen molar-refractivity contribution in [1.82, 2.24) is 14.9 Å². The molecule has 0 fully saturated rings. The number of benzene rings is 2. The number of rotatable bonds is 10. The van der Waals surface area contributed by atoms with Gasteiger partial charge in [0.15, 0.2) is 0 Å². The van der Waals surface area contributed by atoms with Crippen molar-refractivity contribution in [2.45, 2.75) is 39.4 Å². The average molecular weight is 544 g/mol. The van der Waals surface area contributed by atoms with Crippen LogP contribution in [0.5, 0.6) is 0 Å². The topological polar surface area (TPSA) is 117 Å². The van der Waals surface area contributed by atoms with Crippen molar-refractivity contribution in [3.8, 4) is 0 Å². The second kappa shape index (κ2) is 12.8. The molecule has 1 amide bonds. The zero-order valence-corrected chi connectivity index (χ0v) is 22.4. The molecule has 0 aliphatic rings. The number of fused-ring (bicyclic) bond motifs is 1. The van der Waals surface area contributed by atoms with Gasteiger partial charge in [0, 0.05) is 35.9 Å². The van der Waals surface area contributed by atoms with Crippen LogP contribution in [0.4, 0.5) is 21.6 Å². The lowest BCUT2D eigenvalue weighted by Gasteiger charge is -2.25. The van der Waals surface area contributed by atoms with Crippen LogP contribution >= 0.6 is 11.6 Å². The number of hydrogen-bond donors (Lipinski definition) is 3. The maximum Gasteiger partial charge on any atom is 0.320 e. The van der Waals surface area contributed by atoms with Crippen LogP contribution in [0.1, 0.15) is 27.7 Å². The van der Waals surface area contributed by atoms with Crippen LogP contribution in [0.15, 0.2) is 54.9 Å². The molecule has 9 nitrogen and oxygen atoms in total. The monoisotopic (exact) mass is 543 g/mol. The molecule has 0 spiro atoms. The molecule has 0 unspecified atom stereocenters. The number of carbonyl (C=O) groups excluding carboxylic acids is 2. The molecule has 38 heavy (non-hydrogen) atoms. The van der Waals surface area contributed by atoms with Crippen molar-refractivity contribution in [2.75, 3.05) is 30.3 Å². The Hall–Kier alpha value is -3.60.